The van der Waals surface area contributed by atoms with Crippen LogP contribution in [0.25, 0.3) is 16.8 Å². The normalized spacial score (nSPS) is 14.7. The topological polar surface area (TPSA) is 84.9 Å². The van der Waals surface area contributed by atoms with Crippen molar-refractivity contribution in [3.63, 3.8) is 0 Å². The predicted molar refractivity (Wildman–Crippen MR) is 142 cm³/mol. The van der Waals surface area contributed by atoms with E-state index in [1.54, 1.807) is 36.4 Å². The molecule has 1 fully saturated rings. The second kappa shape index (κ2) is 10.2. The molecule has 1 aliphatic rings. The summed E-state index contributed by atoms with van der Waals surface area (Å²) in [6.45, 7) is 0.260. The highest BCUT2D eigenvalue weighted by Gasteiger charge is 2.37. The number of hydrogen-bond donors (Lipinski definition) is 1. The molecule has 7 nitrogen and oxygen atoms in total. The summed E-state index contributed by atoms with van der Waals surface area (Å²) in [4.78, 5) is 39.7. The van der Waals surface area contributed by atoms with E-state index in [9.17, 15) is 14.4 Å². The van der Waals surface area contributed by atoms with Crippen molar-refractivity contribution in [2.75, 3.05) is 12.0 Å². The van der Waals surface area contributed by atoms with Gasteiger partial charge in [-0.25, -0.2) is 9.69 Å². The largest absolute Gasteiger partial charge is 0.496 e. The molecule has 184 valence electrons. The number of halogens is 1. The molecule has 0 unspecified atom stereocenters. The molecule has 4 amide bonds. The standard InChI is InChI=1S/C29H21ClN2O5/c1-36-26-15-10-18-6-2-4-8-22(18)23(26)16-24-27(33)31-29(35)32(28(24)34)20-11-13-21(14-12-20)37-17-19-7-3-5-9-25(19)30/h2-16H,17H2,1H3,(H,31,33,35)/b24-16+. The van der Waals surface area contributed by atoms with Gasteiger partial charge < -0.3 is 9.47 Å². The zero-order valence-electron chi connectivity index (χ0n) is 19.7. The number of methoxy groups -OCH3 is 1. The molecule has 8 heteroatoms. The van der Waals surface area contributed by atoms with Crippen molar-refractivity contribution in [2.24, 2.45) is 0 Å². The summed E-state index contributed by atoms with van der Waals surface area (Å²) < 4.78 is 11.3. The van der Waals surface area contributed by atoms with Gasteiger partial charge in [0, 0.05) is 16.1 Å². The summed E-state index contributed by atoms with van der Waals surface area (Å²) in [5.41, 5.74) is 1.50. The predicted octanol–water partition coefficient (Wildman–Crippen LogP) is 5.75. The Hall–Kier alpha value is -4.62. The van der Waals surface area contributed by atoms with Crippen molar-refractivity contribution in [3.8, 4) is 11.5 Å². The number of urea groups is 1. The van der Waals surface area contributed by atoms with Gasteiger partial charge in [0.2, 0.25) is 0 Å². The van der Waals surface area contributed by atoms with Crippen molar-refractivity contribution in [1.82, 2.24) is 5.32 Å². The van der Waals surface area contributed by atoms with E-state index in [2.05, 4.69) is 5.32 Å². The average molecular weight is 513 g/mol. The number of amides is 4. The summed E-state index contributed by atoms with van der Waals surface area (Å²) in [7, 11) is 1.51. The molecule has 0 aromatic heterocycles. The van der Waals surface area contributed by atoms with Crippen LogP contribution in [0.2, 0.25) is 5.02 Å². The second-order valence-electron chi connectivity index (χ2n) is 8.23. The molecule has 0 spiro atoms. The van der Waals surface area contributed by atoms with Gasteiger partial charge in [-0.15, -0.1) is 0 Å². The Morgan fingerprint density at radius 2 is 1.62 bits per heavy atom. The van der Waals surface area contributed by atoms with Crippen molar-refractivity contribution < 1.29 is 23.9 Å². The van der Waals surface area contributed by atoms with Gasteiger partial charge in [0.1, 0.15) is 23.7 Å². The monoisotopic (exact) mass is 512 g/mol. The van der Waals surface area contributed by atoms with Crippen LogP contribution < -0.4 is 19.7 Å². The minimum Gasteiger partial charge on any atom is -0.496 e. The molecule has 5 rings (SSSR count). The summed E-state index contributed by atoms with van der Waals surface area (Å²) in [6.07, 6.45) is 1.46. The molecule has 1 N–H and O–H groups in total. The molecular formula is C29H21ClN2O5. The van der Waals surface area contributed by atoms with Crippen LogP contribution in [0.3, 0.4) is 0 Å². The number of ether oxygens (including phenoxy) is 2. The van der Waals surface area contributed by atoms with Gasteiger partial charge >= 0.3 is 6.03 Å². The van der Waals surface area contributed by atoms with Crippen molar-refractivity contribution in [2.45, 2.75) is 6.61 Å². The number of carbonyl (C=O) groups is 3. The third-order valence-corrected chi connectivity index (χ3v) is 6.36. The molecular weight excluding hydrogens is 492 g/mol. The second-order valence-corrected chi connectivity index (χ2v) is 8.64. The van der Waals surface area contributed by atoms with E-state index in [-0.39, 0.29) is 17.9 Å². The molecule has 0 atom stereocenters. The van der Waals surface area contributed by atoms with Crippen LogP contribution >= 0.6 is 11.6 Å². The highest BCUT2D eigenvalue weighted by Crippen LogP contribution is 2.32. The van der Waals surface area contributed by atoms with Gasteiger partial charge in [-0.05, 0) is 53.2 Å². The summed E-state index contributed by atoms with van der Waals surface area (Å²) in [6, 6.07) is 24.2. The molecule has 4 aromatic rings. The smallest absolute Gasteiger partial charge is 0.335 e. The van der Waals surface area contributed by atoms with Gasteiger partial charge in [-0.3, -0.25) is 14.9 Å². The third kappa shape index (κ3) is 4.77. The fourth-order valence-corrected chi connectivity index (χ4v) is 4.30. The fraction of sp³-hybridized carbons (Fsp3) is 0.0690. The number of nitrogens with zero attached hydrogens (tertiary/aromatic N) is 1. The van der Waals surface area contributed by atoms with E-state index in [0.717, 1.165) is 21.2 Å². The molecule has 0 bridgehead atoms. The first kappa shape index (κ1) is 24.1. The van der Waals surface area contributed by atoms with Crippen LogP contribution in [0, 0.1) is 0 Å². The first-order valence-corrected chi connectivity index (χ1v) is 11.8. The number of nitrogens with one attached hydrogen (secondary N) is 1. The lowest BCUT2D eigenvalue weighted by molar-refractivity contribution is -0.122. The lowest BCUT2D eigenvalue weighted by Crippen LogP contribution is -2.54. The maximum atomic E-state index is 13.4. The third-order valence-electron chi connectivity index (χ3n) is 5.99. The van der Waals surface area contributed by atoms with E-state index in [4.69, 9.17) is 21.1 Å². The number of rotatable bonds is 6. The Morgan fingerprint density at radius 1 is 0.892 bits per heavy atom. The van der Waals surface area contributed by atoms with Crippen molar-refractivity contribution in [3.05, 3.63) is 107 Å². The zero-order valence-corrected chi connectivity index (χ0v) is 20.5. The lowest BCUT2D eigenvalue weighted by Gasteiger charge is -2.26. The summed E-state index contributed by atoms with van der Waals surface area (Å²) in [5, 5.41) is 4.57. The number of fused-ring (bicyclic) bond motifs is 1. The number of benzene rings is 4. The zero-order chi connectivity index (χ0) is 25.9. The first-order chi connectivity index (χ1) is 18.0. The molecule has 0 saturated carbocycles. The molecule has 0 aliphatic carbocycles. The lowest BCUT2D eigenvalue weighted by atomic mass is 9.99. The minimum absolute atomic E-state index is 0.187. The Kier molecular flexibility index (Phi) is 6.62. The van der Waals surface area contributed by atoms with Crippen LogP contribution in [0.15, 0.2) is 90.5 Å². The van der Waals surface area contributed by atoms with Gasteiger partial charge in [0.05, 0.1) is 12.8 Å². The Morgan fingerprint density at radius 3 is 2.38 bits per heavy atom. The van der Waals surface area contributed by atoms with Crippen LogP contribution in [-0.4, -0.2) is 25.0 Å². The van der Waals surface area contributed by atoms with Crippen molar-refractivity contribution in [1.29, 1.82) is 0 Å². The number of carbonyl (C=O) groups excluding carboxylic acids is 3. The van der Waals surface area contributed by atoms with Crippen LogP contribution in [0.1, 0.15) is 11.1 Å². The van der Waals surface area contributed by atoms with E-state index in [1.165, 1.54) is 13.2 Å². The maximum Gasteiger partial charge on any atom is 0.335 e. The highest BCUT2D eigenvalue weighted by molar-refractivity contribution is 6.39. The molecule has 1 saturated heterocycles. The quantitative estimate of drug-likeness (QED) is 0.263. The molecule has 1 aliphatic heterocycles. The van der Waals surface area contributed by atoms with Crippen LogP contribution in [0.5, 0.6) is 11.5 Å². The van der Waals surface area contributed by atoms with E-state index in [1.807, 2.05) is 48.5 Å². The van der Waals surface area contributed by atoms with Gasteiger partial charge in [-0.2, -0.15) is 0 Å². The number of barbiturate groups is 1. The Labute approximate surface area is 217 Å². The van der Waals surface area contributed by atoms with Gasteiger partial charge in [0.15, 0.2) is 0 Å². The van der Waals surface area contributed by atoms with E-state index >= 15 is 0 Å². The van der Waals surface area contributed by atoms with Crippen LogP contribution in [-0.2, 0) is 16.2 Å². The molecule has 4 aromatic carbocycles. The molecule has 0 radical (unpaired) electrons. The van der Waals surface area contributed by atoms with Crippen LogP contribution in [0.4, 0.5) is 10.5 Å². The highest BCUT2D eigenvalue weighted by atomic mass is 35.5. The van der Waals surface area contributed by atoms with Crippen molar-refractivity contribution >= 4 is 52.0 Å². The molecule has 1 heterocycles. The minimum atomic E-state index is -0.832. The number of hydrogen-bond acceptors (Lipinski definition) is 5. The van der Waals surface area contributed by atoms with E-state index < -0.39 is 17.8 Å². The Bertz CT molecular complexity index is 1560. The fourth-order valence-electron chi connectivity index (χ4n) is 4.11. The Balaban J connectivity index is 1.44. The summed E-state index contributed by atoms with van der Waals surface area (Å²) >= 11 is 6.17. The SMILES string of the molecule is COc1ccc2ccccc2c1/C=C1\C(=O)NC(=O)N(c2ccc(OCc3ccccc3Cl)cc2)C1=O. The average Bonchev–Trinajstić information content (AvgIpc) is 2.91. The van der Waals surface area contributed by atoms with Gasteiger partial charge in [-0.1, -0.05) is 60.1 Å². The first-order valence-electron chi connectivity index (χ1n) is 11.4. The molecule has 37 heavy (non-hydrogen) atoms. The maximum absolute atomic E-state index is 13.4. The van der Waals surface area contributed by atoms with Gasteiger partial charge in [0.25, 0.3) is 11.8 Å². The number of anilines is 1. The van der Waals surface area contributed by atoms with E-state index in [0.29, 0.717) is 22.1 Å². The number of imide groups is 2. The summed E-state index contributed by atoms with van der Waals surface area (Å²) in [5.74, 6) is -0.495.